The van der Waals surface area contributed by atoms with Gasteiger partial charge in [-0.1, -0.05) is 0 Å². The number of rotatable bonds is 3. The third-order valence-electron chi connectivity index (χ3n) is 3.09. The summed E-state index contributed by atoms with van der Waals surface area (Å²) in [4.78, 5) is 13.4. The first-order valence-electron chi connectivity index (χ1n) is 5.57. The molecule has 2 heterocycles. The van der Waals surface area contributed by atoms with Crippen LogP contribution in [0.1, 0.15) is 19.3 Å². The van der Waals surface area contributed by atoms with Crippen molar-refractivity contribution in [2.45, 2.75) is 25.3 Å². The monoisotopic (exact) mass is 197 g/mol. The van der Waals surface area contributed by atoms with E-state index in [0.29, 0.717) is 6.04 Å². The van der Waals surface area contributed by atoms with E-state index in [1.54, 1.807) is 0 Å². The SMILES string of the molecule is O=C1CCC(CCN2CCNCC2)N1. The highest BCUT2D eigenvalue weighted by Crippen LogP contribution is 2.10. The van der Waals surface area contributed by atoms with Gasteiger partial charge in [0.1, 0.15) is 0 Å². The molecule has 0 aromatic carbocycles. The highest BCUT2D eigenvalue weighted by Gasteiger charge is 2.21. The van der Waals surface area contributed by atoms with Crippen LogP contribution in [0.15, 0.2) is 0 Å². The van der Waals surface area contributed by atoms with Crippen LogP contribution in [0, 0.1) is 0 Å². The van der Waals surface area contributed by atoms with Crippen LogP contribution in [0.25, 0.3) is 0 Å². The average Bonchev–Trinajstić information content (AvgIpc) is 2.63. The number of hydrogen-bond donors (Lipinski definition) is 2. The smallest absolute Gasteiger partial charge is 0.220 e. The number of nitrogens with one attached hydrogen (secondary N) is 2. The molecule has 0 spiro atoms. The molecule has 0 aromatic heterocycles. The second-order valence-electron chi connectivity index (χ2n) is 4.18. The molecule has 80 valence electrons. The van der Waals surface area contributed by atoms with Gasteiger partial charge in [0.25, 0.3) is 0 Å². The number of carbonyl (C=O) groups excluding carboxylic acids is 1. The van der Waals surface area contributed by atoms with Crippen LogP contribution in [0.2, 0.25) is 0 Å². The Morgan fingerprint density at radius 1 is 1.36 bits per heavy atom. The Morgan fingerprint density at radius 2 is 2.14 bits per heavy atom. The van der Waals surface area contributed by atoms with E-state index in [-0.39, 0.29) is 5.91 Å². The van der Waals surface area contributed by atoms with E-state index in [1.165, 1.54) is 0 Å². The third kappa shape index (κ3) is 2.69. The molecular weight excluding hydrogens is 178 g/mol. The van der Waals surface area contributed by atoms with Crippen LogP contribution < -0.4 is 10.6 Å². The molecule has 1 amide bonds. The summed E-state index contributed by atoms with van der Waals surface area (Å²) in [6.45, 7) is 5.65. The number of piperazine rings is 1. The molecule has 0 aliphatic carbocycles. The van der Waals surface area contributed by atoms with Gasteiger partial charge in [-0.15, -0.1) is 0 Å². The molecule has 0 bridgehead atoms. The lowest BCUT2D eigenvalue weighted by Crippen LogP contribution is -2.44. The van der Waals surface area contributed by atoms with Crippen molar-refractivity contribution in [3.8, 4) is 0 Å². The van der Waals surface area contributed by atoms with Gasteiger partial charge >= 0.3 is 0 Å². The normalized spacial score (nSPS) is 29.1. The molecule has 0 saturated carbocycles. The summed E-state index contributed by atoms with van der Waals surface area (Å²) in [5.41, 5.74) is 0. The first-order chi connectivity index (χ1) is 6.84. The van der Waals surface area contributed by atoms with Gasteiger partial charge in [-0.25, -0.2) is 0 Å². The van der Waals surface area contributed by atoms with E-state index in [4.69, 9.17) is 0 Å². The third-order valence-corrected chi connectivity index (χ3v) is 3.09. The Kier molecular flexibility index (Phi) is 3.37. The summed E-state index contributed by atoms with van der Waals surface area (Å²) in [6.07, 6.45) is 2.88. The first-order valence-corrected chi connectivity index (χ1v) is 5.57. The molecule has 0 aromatic rings. The molecule has 2 aliphatic rings. The van der Waals surface area contributed by atoms with Crippen molar-refractivity contribution in [3.63, 3.8) is 0 Å². The van der Waals surface area contributed by atoms with E-state index < -0.39 is 0 Å². The lowest BCUT2D eigenvalue weighted by molar-refractivity contribution is -0.119. The van der Waals surface area contributed by atoms with E-state index in [2.05, 4.69) is 15.5 Å². The first kappa shape index (κ1) is 9.93. The van der Waals surface area contributed by atoms with Crippen LogP contribution in [-0.2, 0) is 4.79 Å². The van der Waals surface area contributed by atoms with Crippen molar-refractivity contribution < 1.29 is 4.79 Å². The number of nitrogens with zero attached hydrogens (tertiary/aromatic N) is 1. The van der Waals surface area contributed by atoms with E-state index in [9.17, 15) is 4.79 Å². The predicted octanol–water partition coefficient (Wildman–Crippen LogP) is -0.440. The Bertz CT molecular complexity index is 202. The van der Waals surface area contributed by atoms with Gasteiger partial charge < -0.3 is 15.5 Å². The Labute approximate surface area is 85.0 Å². The Morgan fingerprint density at radius 3 is 2.79 bits per heavy atom. The second kappa shape index (κ2) is 4.75. The summed E-state index contributed by atoms with van der Waals surface area (Å²) >= 11 is 0. The average molecular weight is 197 g/mol. The Balaban J connectivity index is 1.63. The molecule has 2 rings (SSSR count). The second-order valence-corrected chi connectivity index (χ2v) is 4.18. The van der Waals surface area contributed by atoms with Crippen LogP contribution in [-0.4, -0.2) is 49.6 Å². The maximum Gasteiger partial charge on any atom is 0.220 e. The van der Waals surface area contributed by atoms with Gasteiger partial charge in [-0.05, 0) is 12.8 Å². The van der Waals surface area contributed by atoms with Crippen LogP contribution in [0.3, 0.4) is 0 Å². The van der Waals surface area contributed by atoms with Crippen molar-refractivity contribution in [3.05, 3.63) is 0 Å². The lowest BCUT2D eigenvalue weighted by Gasteiger charge is -2.28. The fraction of sp³-hybridized carbons (Fsp3) is 0.900. The molecule has 0 radical (unpaired) electrons. The lowest BCUT2D eigenvalue weighted by atomic mass is 10.1. The zero-order valence-corrected chi connectivity index (χ0v) is 8.59. The van der Waals surface area contributed by atoms with Crippen LogP contribution >= 0.6 is 0 Å². The van der Waals surface area contributed by atoms with Gasteiger partial charge in [-0.2, -0.15) is 0 Å². The summed E-state index contributed by atoms with van der Waals surface area (Å²) in [5.74, 6) is 0.232. The number of hydrogen-bond acceptors (Lipinski definition) is 3. The molecule has 1 unspecified atom stereocenters. The predicted molar refractivity (Wildman–Crippen MR) is 55.1 cm³/mol. The molecule has 4 heteroatoms. The fourth-order valence-electron chi connectivity index (χ4n) is 2.17. The van der Waals surface area contributed by atoms with Crippen LogP contribution in [0.5, 0.6) is 0 Å². The summed E-state index contributed by atoms with van der Waals surface area (Å²) in [5, 5.41) is 6.35. The van der Waals surface area contributed by atoms with Crippen molar-refractivity contribution in [2.24, 2.45) is 0 Å². The molecular formula is C10H19N3O. The molecule has 2 fully saturated rings. The number of carbonyl (C=O) groups is 1. The minimum Gasteiger partial charge on any atom is -0.353 e. The van der Waals surface area contributed by atoms with E-state index >= 15 is 0 Å². The standard InChI is InChI=1S/C10H19N3O/c14-10-2-1-9(12-10)3-6-13-7-4-11-5-8-13/h9,11H,1-8H2,(H,12,14). The minimum atomic E-state index is 0.232. The van der Waals surface area contributed by atoms with Crippen LogP contribution in [0.4, 0.5) is 0 Å². The summed E-state index contributed by atoms with van der Waals surface area (Å²) < 4.78 is 0. The van der Waals surface area contributed by atoms with Crippen molar-refractivity contribution in [1.82, 2.24) is 15.5 Å². The zero-order chi connectivity index (χ0) is 9.80. The zero-order valence-electron chi connectivity index (χ0n) is 8.59. The maximum atomic E-state index is 11.0. The molecule has 1 atom stereocenters. The van der Waals surface area contributed by atoms with Gasteiger partial charge in [-0.3, -0.25) is 4.79 Å². The van der Waals surface area contributed by atoms with Crippen molar-refractivity contribution >= 4 is 5.91 Å². The highest BCUT2D eigenvalue weighted by molar-refractivity contribution is 5.78. The molecule has 14 heavy (non-hydrogen) atoms. The highest BCUT2D eigenvalue weighted by atomic mass is 16.1. The number of amides is 1. The maximum absolute atomic E-state index is 11.0. The van der Waals surface area contributed by atoms with Gasteiger partial charge in [0.15, 0.2) is 0 Å². The van der Waals surface area contributed by atoms with Gasteiger partial charge in [0.05, 0.1) is 0 Å². The molecule has 4 nitrogen and oxygen atoms in total. The van der Waals surface area contributed by atoms with E-state index in [0.717, 1.165) is 52.0 Å². The summed E-state index contributed by atoms with van der Waals surface area (Å²) in [7, 11) is 0. The topological polar surface area (TPSA) is 44.4 Å². The Hall–Kier alpha value is -0.610. The molecule has 2 N–H and O–H groups in total. The quantitative estimate of drug-likeness (QED) is 0.645. The van der Waals surface area contributed by atoms with Gasteiger partial charge in [0.2, 0.25) is 5.91 Å². The fourth-order valence-corrected chi connectivity index (χ4v) is 2.17. The van der Waals surface area contributed by atoms with Crippen molar-refractivity contribution in [2.75, 3.05) is 32.7 Å². The van der Waals surface area contributed by atoms with Crippen molar-refractivity contribution in [1.29, 1.82) is 0 Å². The van der Waals surface area contributed by atoms with E-state index in [1.807, 2.05) is 0 Å². The largest absolute Gasteiger partial charge is 0.353 e. The molecule has 2 aliphatic heterocycles. The minimum absolute atomic E-state index is 0.232. The molecule has 2 saturated heterocycles. The summed E-state index contributed by atoms with van der Waals surface area (Å²) in [6, 6.07) is 0.442. The van der Waals surface area contributed by atoms with Gasteiger partial charge in [0, 0.05) is 45.2 Å².